The third kappa shape index (κ3) is 2.38. The van der Waals surface area contributed by atoms with Crippen molar-refractivity contribution in [3.8, 4) is 11.5 Å². The number of ether oxygens (including phenoxy) is 3. The molecular weight excluding hydrogens is 338 g/mol. The molecule has 2 saturated heterocycles. The summed E-state index contributed by atoms with van der Waals surface area (Å²) in [5, 5.41) is 9.49. The van der Waals surface area contributed by atoms with Crippen LogP contribution in [0.4, 0.5) is 0 Å². The largest absolute Gasteiger partial charge is 0.493 e. The molecule has 26 heavy (non-hydrogen) atoms. The van der Waals surface area contributed by atoms with E-state index < -0.39 is 29.5 Å². The molecule has 4 rings (SSSR count). The monoisotopic (exact) mass is 359 g/mol. The van der Waals surface area contributed by atoms with Gasteiger partial charge >= 0.3 is 5.97 Å². The number of carboxylic acid groups (broad SMARTS) is 1. The Bertz CT molecular complexity index is 790. The van der Waals surface area contributed by atoms with Crippen LogP contribution >= 0.6 is 0 Å². The van der Waals surface area contributed by atoms with Gasteiger partial charge in [0, 0.05) is 6.54 Å². The Kier molecular flexibility index (Phi) is 3.91. The molecule has 1 aromatic rings. The maximum Gasteiger partial charge on any atom is 0.310 e. The molecule has 0 aromatic heterocycles. The Morgan fingerprint density at radius 2 is 2.12 bits per heavy atom. The Hall–Kier alpha value is -2.54. The van der Waals surface area contributed by atoms with Gasteiger partial charge in [0.1, 0.15) is 11.5 Å². The fourth-order valence-corrected chi connectivity index (χ4v) is 4.35. The van der Waals surface area contributed by atoms with Crippen molar-refractivity contribution >= 4 is 11.9 Å². The summed E-state index contributed by atoms with van der Waals surface area (Å²) in [7, 11) is 3.16. The lowest BCUT2D eigenvalue weighted by molar-refractivity contribution is -0.148. The van der Waals surface area contributed by atoms with Gasteiger partial charge in [0.05, 0.1) is 32.8 Å². The Balaban J connectivity index is 1.48. The summed E-state index contributed by atoms with van der Waals surface area (Å²) in [4.78, 5) is 26.1. The molecule has 138 valence electrons. The molecule has 1 N–H and O–H groups in total. The number of carbonyl (C=O) groups is 2. The fraction of sp³-hybridized carbons (Fsp3) is 0.474. The highest BCUT2D eigenvalue weighted by atomic mass is 16.5. The van der Waals surface area contributed by atoms with Gasteiger partial charge in [-0.1, -0.05) is 18.2 Å². The number of carbonyl (C=O) groups excluding carboxylic acids is 1. The molecule has 3 aliphatic rings. The van der Waals surface area contributed by atoms with Gasteiger partial charge in [0.15, 0.2) is 11.5 Å². The van der Waals surface area contributed by atoms with Crippen LogP contribution in [0.25, 0.3) is 0 Å². The zero-order valence-corrected chi connectivity index (χ0v) is 14.7. The molecule has 0 unspecified atom stereocenters. The third-order valence-corrected chi connectivity index (χ3v) is 5.58. The minimum atomic E-state index is -0.971. The van der Waals surface area contributed by atoms with Crippen LogP contribution in [0.5, 0.6) is 11.5 Å². The van der Waals surface area contributed by atoms with Gasteiger partial charge in [-0.2, -0.15) is 0 Å². The number of nitrogens with zero attached hydrogens (tertiary/aromatic N) is 1. The van der Waals surface area contributed by atoms with E-state index in [-0.39, 0.29) is 5.91 Å². The average molecular weight is 359 g/mol. The van der Waals surface area contributed by atoms with Crippen LogP contribution in [0.1, 0.15) is 5.56 Å². The van der Waals surface area contributed by atoms with Crippen LogP contribution in [0, 0.1) is 11.8 Å². The number of carboxylic acids is 1. The topological polar surface area (TPSA) is 85.3 Å². The maximum atomic E-state index is 12.8. The lowest BCUT2D eigenvalue weighted by atomic mass is 9.77. The second-order valence-electron chi connectivity index (χ2n) is 6.94. The van der Waals surface area contributed by atoms with Crippen molar-refractivity contribution in [1.82, 2.24) is 4.90 Å². The van der Waals surface area contributed by atoms with Crippen LogP contribution in [0.15, 0.2) is 30.4 Å². The van der Waals surface area contributed by atoms with Gasteiger partial charge in [-0.3, -0.25) is 9.59 Å². The first-order valence-corrected chi connectivity index (χ1v) is 8.59. The second kappa shape index (κ2) is 6.02. The van der Waals surface area contributed by atoms with Gasteiger partial charge < -0.3 is 24.2 Å². The molecular formula is C19H21NO6. The SMILES string of the molecule is COc1ccc(CCN2C[C@]34C=C[C@H](O3)[C@@H](C(=O)O)[C@H]4C2=O)cc1OC. The molecule has 1 amide bonds. The smallest absolute Gasteiger partial charge is 0.310 e. The summed E-state index contributed by atoms with van der Waals surface area (Å²) < 4.78 is 16.4. The zero-order valence-electron chi connectivity index (χ0n) is 14.7. The van der Waals surface area contributed by atoms with Crippen molar-refractivity contribution in [3.05, 3.63) is 35.9 Å². The standard InChI is InChI=1S/C19H21NO6/c1-24-12-4-3-11(9-14(12)25-2)6-8-20-10-19-7-5-13(26-19)15(18(22)23)16(19)17(20)21/h3-5,7,9,13,15-16H,6,8,10H2,1-2H3,(H,22,23)/t13-,15+,16-,19-/m0/s1. The van der Waals surface area contributed by atoms with E-state index in [1.54, 1.807) is 25.2 Å². The number of methoxy groups -OCH3 is 2. The van der Waals surface area contributed by atoms with Crippen LogP contribution in [0.3, 0.4) is 0 Å². The van der Waals surface area contributed by atoms with Gasteiger partial charge in [-0.15, -0.1) is 0 Å². The van der Waals surface area contributed by atoms with E-state index >= 15 is 0 Å². The molecule has 1 spiro atoms. The molecule has 0 aliphatic carbocycles. The number of likely N-dealkylation sites (tertiary alicyclic amines) is 1. The third-order valence-electron chi connectivity index (χ3n) is 5.58. The molecule has 7 nitrogen and oxygen atoms in total. The number of hydrogen-bond acceptors (Lipinski definition) is 5. The molecule has 3 heterocycles. The van der Waals surface area contributed by atoms with Gasteiger partial charge in [0.2, 0.25) is 5.91 Å². The van der Waals surface area contributed by atoms with E-state index in [9.17, 15) is 14.7 Å². The van der Waals surface area contributed by atoms with Crippen LogP contribution in [-0.2, 0) is 20.7 Å². The Morgan fingerprint density at radius 3 is 2.81 bits per heavy atom. The summed E-state index contributed by atoms with van der Waals surface area (Å²) in [5.74, 6) is -1.23. The highest BCUT2D eigenvalue weighted by Gasteiger charge is 2.66. The van der Waals surface area contributed by atoms with Crippen LogP contribution in [0.2, 0.25) is 0 Å². The molecule has 3 aliphatic heterocycles. The number of benzene rings is 1. The van der Waals surface area contributed by atoms with Crippen molar-refractivity contribution in [2.24, 2.45) is 11.8 Å². The van der Waals surface area contributed by atoms with E-state index in [2.05, 4.69) is 0 Å². The predicted molar refractivity (Wildman–Crippen MR) is 91.2 cm³/mol. The van der Waals surface area contributed by atoms with Gasteiger partial charge in [0.25, 0.3) is 0 Å². The normalized spacial score (nSPS) is 31.4. The van der Waals surface area contributed by atoms with E-state index in [1.165, 1.54) is 0 Å². The first-order chi connectivity index (χ1) is 12.5. The molecule has 0 saturated carbocycles. The van der Waals surface area contributed by atoms with Crippen molar-refractivity contribution in [2.45, 2.75) is 18.1 Å². The van der Waals surface area contributed by atoms with Crippen molar-refractivity contribution in [3.63, 3.8) is 0 Å². The highest BCUT2D eigenvalue weighted by Crippen LogP contribution is 2.51. The number of rotatable bonds is 6. The molecule has 2 bridgehead atoms. The first kappa shape index (κ1) is 16.9. The van der Waals surface area contributed by atoms with E-state index in [4.69, 9.17) is 14.2 Å². The molecule has 7 heteroatoms. The van der Waals surface area contributed by atoms with Gasteiger partial charge in [-0.05, 0) is 24.1 Å². The summed E-state index contributed by atoms with van der Waals surface area (Å²) >= 11 is 0. The Morgan fingerprint density at radius 1 is 1.35 bits per heavy atom. The zero-order chi connectivity index (χ0) is 18.5. The first-order valence-electron chi connectivity index (χ1n) is 8.59. The number of amides is 1. The van der Waals surface area contributed by atoms with E-state index in [0.717, 1.165) is 5.56 Å². The maximum absolute atomic E-state index is 12.8. The average Bonchev–Trinajstić information content (AvgIpc) is 3.27. The number of fused-ring (bicyclic) bond motifs is 1. The molecule has 4 atom stereocenters. The molecule has 1 aromatic carbocycles. The van der Waals surface area contributed by atoms with Crippen molar-refractivity contribution in [2.75, 3.05) is 27.3 Å². The number of hydrogen-bond donors (Lipinski definition) is 1. The molecule has 0 radical (unpaired) electrons. The summed E-state index contributed by atoms with van der Waals surface area (Å²) in [5.41, 5.74) is 0.239. The minimum absolute atomic E-state index is 0.135. The predicted octanol–water partition coefficient (Wildman–Crippen LogP) is 1.11. The minimum Gasteiger partial charge on any atom is -0.493 e. The number of aliphatic carboxylic acids is 1. The second-order valence-corrected chi connectivity index (χ2v) is 6.94. The van der Waals surface area contributed by atoms with Gasteiger partial charge in [-0.25, -0.2) is 0 Å². The van der Waals surface area contributed by atoms with E-state index in [0.29, 0.717) is 31.0 Å². The van der Waals surface area contributed by atoms with Crippen molar-refractivity contribution < 1.29 is 28.9 Å². The van der Waals surface area contributed by atoms with E-state index in [1.807, 2.05) is 24.3 Å². The lowest BCUT2D eigenvalue weighted by Crippen LogP contribution is -2.39. The van der Waals surface area contributed by atoms with Crippen molar-refractivity contribution in [1.29, 1.82) is 0 Å². The summed E-state index contributed by atoms with van der Waals surface area (Å²) in [6.07, 6.45) is 3.80. The highest BCUT2D eigenvalue weighted by molar-refractivity contribution is 5.90. The summed E-state index contributed by atoms with van der Waals surface area (Å²) in [6, 6.07) is 5.66. The Labute approximate surface area is 151 Å². The summed E-state index contributed by atoms with van der Waals surface area (Å²) in [6.45, 7) is 0.904. The lowest BCUT2D eigenvalue weighted by Gasteiger charge is -2.21. The fourth-order valence-electron chi connectivity index (χ4n) is 4.35. The molecule has 2 fully saturated rings. The van der Waals surface area contributed by atoms with Crippen LogP contribution < -0.4 is 9.47 Å². The van der Waals surface area contributed by atoms with Crippen LogP contribution in [-0.4, -0.2) is 60.9 Å². The quantitative estimate of drug-likeness (QED) is 0.766.